The largest absolute Gasteiger partial charge is 0.385 e. The predicted molar refractivity (Wildman–Crippen MR) is 78.2 cm³/mol. The van der Waals surface area contributed by atoms with E-state index < -0.39 is 0 Å². The van der Waals surface area contributed by atoms with E-state index in [2.05, 4.69) is 53.6 Å². The lowest BCUT2D eigenvalue weighted by Crippen LogP contribution is -2.47. The molecule has 1 heterocycles. The third-order valence-corrected chi connectivity index (χ3v) is 3.68. The maximum Gasteiger partial charge on any atom is 0.0342 e. The van der Waals surface area contributed by atoms with Crippen molar-refractivity contribution < 1.29 is 0 Å². The van der Waals surface area contributed by atoms with E-state index in [1.165, 1.54) is 30.8 Å². The number of anilines is 1. The fourth-order valence-corrected chi connectivity index (χ4v) is 2.49. The molecule has 0 aromatic heterocycles. The quantitative estimate of drug-likeness (QED) is 0.834. The average Bonchev–Trinajstić information content (AvgIpc) is 2.40. The van der Waals surface area contributed by atoms with Crippen LogP contribution in [-0.4, -0.2) is 43.7 Å². The van der Waals surface area contributed by atoms with Crippen LogP contribution >= 0.6 is 0 Å². The highest BCUT2D eigenvalue weighted by Gasteiger charge is 2.15. The molecule has 18 heavy (non-hydrogen) atoms. The van der Waals surface area contributed by atoms with Gasteiger partial charge >= 0.3 is 0 Å². The fourth-order valence-electron chi connectivity index (χ4n) is 2.49. The van der Waals surface area contributed by atoms with Crippen molar-refractivity contribution in [1.82, 2.24) is 10.2 Å². The highest BCUT2D eigenvalue weighted by molar-refractivity contribution is 5.45. The lowest BCUT2D eigenvalue weighted by Gasteiger charge is -2.32. The molecule has 1 atom stereocenters. The maximum atomic E-state index is 3.51. The van der Waals surface area contributed by atoms with Gasteiger partial charge in [-0.1, -0.05) is 12.1 Å². The van der Waals surface area contributed by atoms with E-state index >= 15 is 0 Å². The van der Waals surface area contributed by atoms with E-state index in [4.69, 9.17) is 0 Å². The summed E-state index contributed by atoms with van der Waals surface area (Å²) in [4.78, 5) is 2.58. The van der Waals surface area contributed by atoms with E-state index in [1.807, 2.05) is 0 Å². The molecule has 2 rings (SSSR count). The van der Waals surface area contributed by atoms with Crippen LogP contribution in [-0.2, 0) is 0 Å². The van der Waals surface area contributed by atoms with Crippen LogP contribution < -0.4 is 10.6 Å². The number of nitrogens with one attached hydrogen (secondary N) is 2. The zero-order chi connectivity index (χ0) is 12.8. The number of piperazine rings is 1. The number of aryl methyl sites for hydroxylation is 1. The van der Waals surface area contributed by atoms with E-state index in [0.29, 0.717) is 6.04 Å². The Bertz CT molecular complexity index is 359. The van der Waals surface area contributed by atoms with Crippen LogP contribution in [0.25, 0.3) is 0 Å². The van der Waals surface area contributed by atoms with Gasteiger partial charge in [-0.15, -0.1) is 0 Å². The normalized spacial score (nSPS) is 18.6. The molecule has 0 aliphatic carbocycles. The first-order valence-electron chi connectivity index (χ1n) is 7.01. The fraction of sp³-hybridized carbons (Fsp3) is 0.600. The second kappa shape index (κ2) is 6.76. The second-order valence-electron chi connectivity index (χ2n) is 5.22. The lowest BCUT2D eigenvalue weighted by atomic mass is 10.1. The van der Waals surface area contributed by atoms with Crippen molar-refractivity contribution >= 4 is 5.69 Å². The summed E-state index contributed by atoms with van der Waals surface area (Å²) in [7, 11) is 0. The minimum Gasteiger partial charge on any atom is -0.385 e. The van der Waals surface area contributed by atoms with Gasteiger partial charge in [0.1, 0.15) is 0 Å². The van der Waals surface area contributed by atoms with Crippen LogP contribution in [0.2, 0.25) is 0 Å². The van der Waals surface area contributed by atoms with Crippen molar-refractivity contribution in [3.05, 3.63) is 29.8 Å². The Labute approximate surface area is 111 Å². The van der Waals surface area contributed by atoms with Gasteiger partial charge in [0, 0.05) is 44.5 Å². The zero-order valence-electron chi connectivity index (χ0n) is 11.6. The standard InChI is InChI=1S/C15H25N3/c1-13-4-3-5-15(12-13)17-7-6-14(2)18-10-8-16-9-11-18/h3-5,12,14,16-17H,6-11H2,1-2H3. The summed E-state index contributed by atoms with van der Waals surface area (Å²) in [6.07, 6.45) is 1.20. The van der Waals surface area contributed by atoms with E-state index in [-0.39, 0.29) is 0 Å². The third-order valence-electron chi connectivity index (χ3n) is 3.68. The van der Waals surface area contributed by atoms with Gasteiger partial charge in [-0.25, -0.2) is 0 Å². The van der Waals surface area contributed by atoms with Gasteiger partial charge in [0.2, 0.25) is 0 Å². The van der Waals surface area contributed by atoms with Crippen molar-refractivity contribution in [2.75, 3.05) is 38.0 Å². The number of nitrogens with zero attached hydrogens (tertiary/aromatic N) is 1. The van der Waals surface area contributed by atoms with Crippen molar-refractivity contribution in [1.29, 1.82) is 0 Å². The molecule has 0 saturated carbocycles. The van der Waals surface area contributed by atoms with Gasteiger partial charge in [-0.2, -0.15) is 0 Å². The number of hydrogen-bond donors (Lipinski definition) is 2. The first-order valence-corrected chi connectivity index (χ1v) is 7.01. The molecule has 100 valence electrons. The molecule has 2 N–H and O–H groups in total. The molecule has 1 aliphatic rings. The van der Waals surface area contributed by atoms with Crippen LogP contribution in [0, 0.1) is 6.92 Å². The molecule has 0 spiro atoms. The molecule has 1 fully saturated rings. The molecule has 1 aromatic rings. The molecule has 0 amide bonds. The highest BCUT2D eigenvalue weighted by atomic mass is 15.2. The molecular weight excluding hydrogens is 222 g/mol. The molecule has 3 heteroatoms. The Morgan fingerprint density at radius 3 is 2.83 bits per heavy atom. The molecule has 1 aliphatic heterocycles. The van der Waals surface area contributed by atoms with Crippen LogP contribution in [0.1, 0.15) is 18.9 Å². The monoisotopic (exact) mass is 247 g/mol. The Morgan fingerprint density at radius 2 is 2.11 bits per heavy atom. The number of benzene rings is 1. The maximum absolute atomic E-state index is 3.51. The summed E-state index contributed by atoms with van der Waals surface area (Å²) >= 11 is 0. The Kier molecular flexibility index (Phi) is 5.02. The molecule has 1 aromatic carbocycles. The van der Waals surface area contributed by atoms with Crippen molar-refractivity contribution in [2.24, 2.45) is 0 Å². The molecule has 0 bridgehead atoms. The predicted octanol–water partition coefficient (Wildman–Crippen LogP) is 2.09. The van der Waals surface area contributed by atoms with Gasteiger partial charge in [0.05, 0.1) is 0 Å². The summed E-state index contributed by atoms with van der Waals surface area (Å²) in [6, 6.07) is 9.26. The SMILES string of the molecule is Cc1cccc(NCCC(C)N2CCNCC2)c1. The van der Waals surface area contributed by atoms with Crippen LogP contribution in [0.4, 0.5) is 5.69 Å². The van der Waals surface area contributed by atoms with Gasteiger partial charge in [-0.05, 0) is 38.0 Å². The Hall–Kier alpha value is -1.06. The summed E-state index contributed by atoms with van der Waals surface area (Å²) < 4.78 is 0. The summed E-state index contributed by atoms with van der Waals surface area (Å²) in [5.74, 6) is 0. The molecule has 3 nitrogen and oxygen atoms in total. The van der Waals surface area contributed by atoms with Crippen LogP contribution in [0.15, 0.2) is 24.3 Å². The van der Waals surface area contributed by atoms with Gasteiger partial charge in [-0.3, -0.25) is 4.90 Å². The number of hydrogen-bond acceptors (Lipinski definition) is 3. The van der Waals surface area contributed by atoms with Gasteiger partial charge in [0.25, 0.3) is 0 Å². The minimum absolute atomic E-state index is 0.671. The van der Waals surface area contributed by atoms with Crippen LogP contribution in [0.3, 0.4) is 0 Å². The molecule has 0 radical (unpaired) electrons. The number of rotatable bonds is 5. The summed E-state index contributed by atoms with van der Waals surface area (Å²) in [5, 5.41) is 6.91. The highest BCUT2D eigenvalue weighted by Crippen LogP contribution is 2.11. The average molecular weight is 247 g/mol. The lowest BCUT2D eigenvalue weighted by molar-refractivity contribution is 0.179. The topological polar surface area (TPSA) is 27.3 Å². The van der Waals surface area contributed by atoms with Crippen molar-refractivity contribution in [2.45, 2.75) is 26.3 Å². The van der Waals surface area contributed by atoms with Crippen molar-refractivity contribution in [3.63, 3.8) is 0 Å². The summed E-state index contributed by atoms with van der Waals surface area (Å²) in [6.45, 7) is 10.2. The third kappa shape index (κ3) is 4.00. The Balaban J connectivity index is 1.71. The molecule has 1 saturated heterocycles. The van der Waals surface area contributed by atoms with Gasteiger partial charge in [0.15, 0.2) is 0 Å². The molecular formula is C15H25N3. The minimum atomic E-state index is 0.671. The first-order chi connectivity index (χ1) is 8.75. The zero-order valence-corrected chi connectivity index (χ0v) is 11.6. The van der Waals surface area contributed by atoms with Crippen molar-refractivity contribution in [3.8, 4) is 0 Å². The van der Waals surface area contributed by atoms with Crippen LogP contribution in [0.5, 0.6) is 0 Å². The second-order valence-corrected chi connectivity index (χ2v) is 5.22. The van der Waals surface area contributed by atoms with E-state index in [0.717, 1.165) is 19.6 Å². The smallest absolute Gasteiger partial charge is 0.0342 e. The Morgan fingerprint density at radius 1 is 1.33 bits per heavy atom. The van der Waals surface area contributed by atoms with E-state index in [1.54, 1.807) is 0 Å². The molecule has 1 unspecified atom stereocenters. The van der Waals surface area contributed by atoms with Gasteiger partial charge < -0.3 is 10.6 Å². The van der Waals surface area contributed by atoms with E-state index in [9.17, 15) is 0 Å². The first kappa shape index (κ1) is 13.4. The summed E-state index contributed by atoms with van der Waals surface area (Å²) in [5.41, 5.74) is 2.55.